The molecule has 1 aliphatic carbocycles. The molecule has 0 bridgehead atoms. The number of carbonyl (C=O) groups excluding carboxylic acids is 2. The predicted octanol–water partition coefficient (Wildman–Crippen LogP) is 1.65. The standard InChI is InChI=1S/C16H24O5/c1-10(17)4-2-3-5-13(19)15-9-6-11-12(18)7-8-14(20)16(11)21-15/h13-15,19-20H,2-9H2,1H3. The summed E-state index contributed by atoms with van der Waals surface area (Å²) in [4.78, 5) is 22.6. The smallest absolute Gasteiger partial charge is 0.162 e. The lowest BCUT2D eigenvalue weighted by Gasteiger charge is -2.35. The second-order valence-corrected chi connectivity index (χ2v) is 6.03. The van der Waals surface area contributed by atoms with Crippen LogP contribution in [-0.2, 0) is 14.3 Å². The number of aliphatic hydroxyl groups excluding tert-OH is 2. The number of ketones is 2. The van der Waals surface area contributed by atoms with Crippen LogP contribution in [0.2, 0.25) is 0 Å². The van der Waals surface area contributed by atoms with E-state index in [-0.39, 0.29) is 17.7 Å². The van der Waals surface area contributed by atoms with Gasteiger partial charge in [0.25, 0.3) is 0 Å². The largest absolute Gasteiger partial charge is 0.489 e. The minimum absolute atomic E-state index is 0.0599. The normalized spacial score (nSPS) is 27.1. The van der Waals surface area contributed by atoms with E-state index in [1.807, 2.05) is 0 Å². The molecule has 21 heavy (non-hydrogen) atoms. The van der Waals surface area contributed by atoms with Crippen LogP contribution < -0.4 is 0 Å². The van der Waals surface area contributed by atoms with Gasteiger partial charge in [0.05, 0.1) is 6.10 Å². The summed E-state index contributed by atoms with van der Waals surface area (Å²) in [6.45, 7) is 1.57. The first kappa shape index (κ1) is 16.2. The molecule has 1 heterocycles. The highest BCUT2D eigenvalue weighted by atomic mass is 16.5. The highest BCUT2D eigenvalue weighted by molar-refractivity contribution is 5.97. The summed E-state index contributed by atoms with van der Waals surface area (Å²) in [5.41, 5.74) is 0.605. The first-order chi connectivity index (χ1) is 9.99. The van der Waals surface area contributed by atoms with E-state index in [9.17, 15) is 19.8 Å². The number of allylic oxidation sites excluding steroid dienone is 1. The van der Waals surface area contributed by atoms with Crippen LogP contribution in [-0.4, -0.2) is 40.1 Å². The summed E-state index contributed by atoms with van der Waals surface area (Å²) in [5.74, 6) is 0.604. The van der Waals surface area contributed by atoms with Crippen molar-refractivity contribution in [1.29, 1.82) is 0 Å². The molecule has 0 radical (unpaired) electrons. The molecule has 2 N–H and O–H groups in total. The van der Waals surface area contributed by atoms with Crippen LogP contribution in [0.3, 0.4) is 0 Å². The molecule has 0 amide bonds. The number of hydrogen-bond donors (Lipinski definition) is 2. The molecule has 118 valence electrons. The van der Waals surface area contributed by atoms with Gasteiger partial charge in [0.1, 0.15) is 23.8 Å². The number of ether oxygens (including phenoxy) is 1. The Labute approximate surface area is 125 Å². The highest BCUT2D eigenvalue weighted by Crippen LogP contribution is 2.34. The molecule has 0 aromatic rings. The summed E-state index contributed by atoms with van der Waals surface area (Å²) in [5, 5.41) is 20.1. The third-order valence-corrected chi connectivity index (χ3v) is 4.25. The van der Waals surface area contributed by atoms with Crippen molar-refractivity contribution < 1.29 is 24.5 Å². The average molecular weight is 296 g/mol. The van der Waals surface area contributed by atoms with E-state index in [1.54, 1.807) is 6.92 Å². The molecule has 2 aliphatic rings. The van der Waals surface area contributed by atoms with Crippen molar-refractivity contribution in [2.24, 2.45) is 0 Å². The maximum atomic E-state index is 11.8. The fourth-order valence-electron chi connectivity index (χ4n) is 2.99. The van der Waals surface area contributed by atoms with E-state index in [1.165, 1.54) is 0 Å². The number of unbranched alkanes of at least 4 members (excludes halogenated alkanes) is 1. The van der Waals surface area contributed by atoms with Gasteiger partial charge >= 0.3 is 0 Å². The van der Waals surface area contributed by atoms with Crippen molar-refractivity contribution in [3.05, 3.63) is 11.3 Å². The van der Waals surface area contributed by atoms with Gasteiger partial charge in [0.15, 0.2) is 5.78 Å². The van der Waals surface area contributed by atoms with E-state index in [0.29, 0.717) is 49.9 Å². The minimum Gasteiger partial charge on any atom is -0.489 e. The maximum Gasteiger partial charge on any atom is 0.162 e. The van der Waals surface area contributed by atoms with Crippen molar-refractivity contribution in [3.63, 3.8) is 0 Å². The lowest BCUT2D eigenvalue weighted by molar-refractivity contribution is -0.120. The molecule has 3 atom stereocenters. The lowest BCUT2D eigenvalue weighted by Crippen LogP contribution is -2.37. The molecular formula is C16H24O5. The first-order valence-electron chi connectivity index (χ1n) is 7.77. The van der Waals surface area contributed by atoms with Crippen molar-refractivity contribution in [2.45, 2.75) is 76.6 Å². The molecule has 5 heteroatoms. The Balaban J connectivity index is 1.86. The fraction of sp³-hybridized carbons (Fsp3) is 0.750. The molecule has 0 fully saturated rings. The van der Waals surface area contributed by atoms with Crippen LogP contribution in [0.4, 0.5) is 0 Å². The van der Waals surface area contributed by atoms with Gasteiger partial charge in [0, 0.05) is 18.4 Å². The van der Waals surface area contributed by atoms with Gasteiger partial charge in [-0.2, -0.15) is 0 Å². The summed E-state index contributed by atoms with van der Waals surface area (Å²) < 4.78 is 5.70. The number of rotatable bonds is 6. The van der Waals surface area contributed by atoms with Crippen LogP contribution in [0.25, 0.3) is 0 Å². The Morgan fingerprint density at radius 3 is 2.81 bits per heavy atom. The van der Waals surface area contributed by atoms with Crippen LogP contribution in [0, 0.1) is 0 Å². The number of Topliss-reactive ketones (excluding diaryl/α,β-unsaturated/α-hetero) is 2. The van der Waals surface area contributed by atoms with Crippen LogP contribution in [0.15, 0.2) is 11.3 Å². The molecule has 0 spiro atoms. The zero-order valence-electron chi connectivity index (χ0n) is 12.5. The zero-order valence-corrected chi connectivity index (χ0v) is 12.5. The summed E-state index contributed by atoms with van der Waals surface area (Å²) in [6, 6.07) is 0. The predicted molar refractivity (Wildman–Crippen MR) is 76.5 cm³/mol. The number of aliphatic hydroxyl groups is 2. The van der Waals surface area contributed by atoms with E-state index < -0.39 is 12.2 Å². The lowest BCUT2D eigenvalue weighted by atomic mass is 9.87. The second kappa shape index (κ2) is 7.18. The molecule has 0 saturated carbocycles. The molecule has 2 rings (SSSR count). The van der Waals surface area contributed by atoms with Gasteiger partial charge in [-0.25, -0.2) is 0 Å². The van der Waals surface area contributed by atoms with Gasteiger partial charge < -0.3 is 19.7 Å². The van der Waals surface area contributed by atoms with Gasteiger partial charge in [-0.15, -0.1) is 0 Å². The van der Waals surface area contributed by atoms with Crippen molar-refractivity contribution in [3.8, 4) is 0 Å². The molecule has 3 unspecified atom stereocenters. The molecule has 0 saturated heterocycles. The summed E-state index contributed by atoms with van der Waals surface area (Å²) in [6.07, 6.45) is 2.92. The maximum absolute atomic E-state index is 11.8. The van der Waals surface area contributed by atoms with E-state index in [0.717, 1.165) is 12.8 Å². The third kappa shape index (κ3) is 4.14. The third-order valence-electron chi connectivity index (χ3n) is 4.25. The van der Waals surface area contributed by atoms with Crippen molar-refractivity contribution >= 4 is 11.6 Å². The minimum atomic E-state index is -0.717. The zero-order chi connectivity index (χ0) is 15.4. The van der Waals surface area contributed by atoms with Gasteiger partial charge in [-0.1, -0.05) is 6.42 Å². The van der Waals surface area contributed by atoms with Crippen molar-refractivity contribution in [1.82, 2.24) is 0 Å². The summed E-state index contributed by atoms with van der Waals surface area (Å²) in [7, 11) is 0. The topological polar surface area (TPSA) is 83.8 Å². The fourth-order valence-corrected chi connectivity index (χ4v) is 2.99. The monoisotopic (exact) mass is 296 g/mol. The molecule has 0 aromatic heterocycles. The highest BCUT2D eigenvalue weighted by Gasteiger charge is 2.36. The number of hydrogen-bond acceptors (Lipinski definition) is 5. The Hall–Kier alpha value is -1.20. The molecular weight excluding hydrogens is 272 g/mol. The van der Waals surface area contributed by atoms with Gasteiger partial charge in [0.2, 0.25) is 0 Å². The molecule has 0 aromatic carbocycles. The molecule has 5 nitrogen and oxygen atoms in total. The Bertz CT molecular complexity index is 440. The van der Waals surface area contributed by atoms with E-state index in [4.69, 9.17) is 4.74 Å². The SMILES string of the molecule is CC(=O)CCCCC(O)C1CCC2=C(O1)C(O)CCC2=O. The first-order valence-corrected chi connectivity index (χ1v) is 7.77. The van der Waals surface area contributed by atoms with Crippen LogP contribution in [0.5, 0.6) is 0 Å². The average Bonchev–Trinajstić information content (AvgIpc) is 2.47. The van der Waals surface area contributed by atoms with E-state index >= 15 is 0 Å². The Morgan fingerprint density at radius 1 is 1.33 bits per heavy atom. The quantitative estimate of drug-likeness (QED) is 0.728. The van der Waals surface area contributed by atoms with Gasteiger partial charge in [-0.05, 0) is 39.0 Å². The Kier molecular flexibility index (Phi) is 5.53. The van der Waals surface area contributed by atoms with Crippen LogP contribution >= 0.6 is 0 Å². The Morgan fingerprint density at radius 2 is 2.10 bits per heavy atom. The van der Waals surface area contributed by atoms with E-state index in [2.05, 4.69) is 0 Å². The van der Waals surface area contributed by atoms with Crippen molar-refractivity contribution in [2.75, 3.05) is 0 Å². The number of carbonyl (C=O) groups is 2. The molecule has 1 aliphatic heterocycles. The van der Waals surface area contributed by atoms with Gasteiger partial charge in [-0.3, -0.25) is 4.79 Å². The summed E-state index contributed by atoms with van der Waals surface area (Å²) >= 11 is 0. The second-order valence-electron chi connectivity index (χ2n) is 6.03. The van der Waals surface area contributed by atoms with Crippen LogP contribution in [0.1, 0.15) is 58.3 Å².